The zero-order valence-electron chi connectivity index (χ0n) is 23.5. The third kappa shape index (κ3) is 4.61. The molecule has 14 heteroatoms. The Morgan fingerprint density at radius 1 is 1.18 bits per heavy atom. The van der Waals surface area contributed by atoms with Gasteiger partial charge in [0, 0.05) is 36.1 Å². The Balaban J connectivity index is 1.41. The summed E-state index contributed by atoms with van der Waals surface area (Å²) in [5.74, 6) is -8.72. The number of allylic oxidation sites excluding steroid dienone is 1. The first-order chi connectivity index (χ1) is 20.6. The molecule has 0 saturated carbocycles. The van der Waals surface area contributed by atoms with Crippen LogP contribution < -0.4 is 10.5 Å². The van der Waals surface area contributed by atoms with Crippen LogP contribution in [-0.2, 0) is 45.5 Å². The van der Waals surface area contributed by atoms with Crippen LogP contribution in [0.25, 0.3) is 0 Å². The number of ketones is 2. The predicted octanol–water partition coefficient (Wildman–Crippen LogP) is 1.32. The molecular formula is C30H30ClN3O9S. The number of Topliss-reactive ketones (excluding diaryl/α,β-unsaturated/α-hetero) is 2. The van der Waals surface area contributed by atoms with Crippen molar-refractivity contribution in [1.82, 2.24) is 9.62 Å². The van der Waals surface area contributed by atoms with Gasteiger partial charge >= 0.3 is 0 Å². The number of primary amides is 1. The fourth-order valence-corrected chi connectivity index (χ4v) is 8.21. The summed E-state index contributed by atoms with van der Waals surface area (Å²) in [6.07, 6.45) is 1.32. The number of hydrogen-bond donors (Lipinski definition) is 6. The van der Waals surface area contributed by atoms with Gasteiger partial charge in [0.05, 0.1) is 17.9 Å². The zero-order valence-corrected chi connectivity index (χ0v) is 25.1. The number of amides is 1. The number of hydrogen-bond acceptors (Lipinski definition) is 10. The highest BCUT2D eigenvalue weighted by molar-refractivity contribution is 7.88. The average molecular weight is 644 g/mol. The molecule has 6 rings (SSSR count). The van der Waals surface area contributed by atoms with Crippen molar-refractivity contribution in [2.75, 3.05) is 12.8 Å². The van der Waals surface area contributed by atoms with Crippen LogP contribution in [0.5, 0.6) is 5.75 Å². The van der Waals surface area contributed by atoms with Gasteiger partial charge < -0.3 is 26.2 Å². The number of carbonyl (C=O) groups excluding carboxylic acids is 3. The summed E-state index contributed by atoms with van der Waals surface area (Å²) in [6.45, 7) is 1.80. The lowest BCUT2D eigenvalue weighted by molar-refractivity contribution is -0.145. The molecule has 4 atom stereocenters. The number of phenolic OH excluding ortho intramolecular Hbond substituents is 1. The second kappa shape index (κ2) is 10.4. The lowest BCUT2D eigenvalue weighted by Crippen LogP contribution is -2.64. The fraction of sp³-hybridized carbons (Fsp3) is 0.367. The number of halogens is 1. The van der Waals surface area contributed by atoms with E-state index in [-0.39, 0.29) is 29.0 Å². The summed E-state index contributed by atoms with van der Waals surface area (Å²) < 4.78 is 26.5. The fourth-order valence-electron chi connectivity index (χ4n) is 7.19. The maximum absolute atomic E-state index is 13.9. The summed E-state index contributed by atoms with van der Waals surface area (Å²) >= 11 is 6.87. The lowest BCUT2D eigenvalue weighted by atomic mass is 9.59. The predicted molar refractivity (Wildman–Crippen MR) is 157 cm³/mol. The summed E-state index contributed by atoms with van der Waals surface area (Å²) in [6, 6.07) is 7.76. The molecule has 0 bridgehead atoms. The van der Waals surface area contributed by atoms with E-state index >= 15 is 0 Å². The van der Waals surface area contributed by atoms with E-state index in [2.05, 4.69) is 21.8 Å². The van der Waals surface area contributed by atoms with Crippen LogP contribution in [0.4, 0.5) is 0 Å². The number of benzene rings is 2. The summed E-state index contributed by atoms with van der Waals surface area (Å²) in [7, 11) is -4.10. The number of aromatic hydroxyl groups is 1. The number of phenols is 1. The largest absolute Gasteiger partial charge is 0.510 e. The number of fused-ring (bicyclic) bond motifs is 4. The normalized spacial score (nSPS) is 27.0. The van der Waals surface area contributed by atoms with Crippen LogP contribution in [0.1, 0.15) is 39.0 Å². The second-order valence-electron chi connectivity index (χ2n) is 11.9. The topological polar surface area (TPSA) is 208 Å². The average Bonchev–Trinajstić information content (AvgIpc) is 2.94. The number of sulfonamides is 1. The number of aliphatic hydroxyl groups is 3. The standard InChI is InChI=1S/C30H30ClN3O9S/c1-44(42,43)33-24-18-9-15-8-17-21(25(36)20(15)27(38)30(18,41)28(39)22(26(24)37)29(32)40)19(35)10-16(23(17)31)12-34-7-6-13-4-2-3-5-14(13)11-34/h2-5,10,15,18,24,33,35,37-38,41H,6-9,11-12H2,1H3,(H2,32,40)/t15-,18-,24-,30-/m0/s1. The molecule has 1 heterocycles. The lowest BCUT2D eigenvalue weighted by Gasteiger charge is -2.48. The summed E-state index contributed by atoms with van der Waals surface area (Å²) in [5.41, 5.74) is 3.98. The SMILES string of the molecule is CS(=O)(=O)N[C@@H]1C(O)=C(C(N)=O)C(=O)[C@@]2(O)C(O)=C3C(=O)c4c(O)cc(CN5CCc6ccccc6C5)c(Cl)c4C[C@H]3C[C@@H]12. The molecule has 7 N–H and O–H groups in total. The van der Waals surface area contributed by atoms with E-state index in [1.54, 1.807) is 0 Å². The highest BCUT2D eigenvalue weighted by Gasteiger charge is 2.63. The Morgan fingerprint density at radius 2 is 1.86 bits per heavy atom. The number of nitrogens with zero attached hydrogens (tertiary/aromatic N) is 1. The Labute approximate surface area is 257 Å². The van der Waals surface area contributed by atoms with E-state index in [4.69, 9.17) is 17.3 Å². The minimum Gasteiger partial charge on any atom is -0.510 e. The van der Waals surface area contributed by atoms with Gasteiger partial charge in [-0.3, -0.25) is 19.3 Å². The molecule has 2 aromatic rings. The van der Waals surface area contributed by atoms with E-state index in [0.29, 0.717) is 24.2 Å². The van der Waals surface area contributed by atoms with Crippen molar-refractivity contribution in [3.63, 3.8) is 0 Å². The number of nitrogens with two attached hydrogens (primary N) is 1. The molecule has 232 valence electrons. The van der Waals surface area contributed by atoms with E-state index in [9.17, 15) is 43.2 Å². The third-order valence-electron chi connectivity index (χ3n) is 9.15. The molecule has 1 aliphatic heterocycles. The van der Waals surface area contributed by atoms with Crippen LogP contribution in [0.2, 0.25) is 5.02 Å². The molecule has 0 unspecified atom stereocenters. The summed E-state index contributed by atoms with van der Waals surface area (Å²) in [4.78, 5) is 41.5. The second-order valence-corrected chi connectivity index (χ2v) is 14.0. The van der Waals surface area contributed by atoms with E-state index in [1.165, 1.54) is 17.2 Å². The van der Waals surface area contributed by atoms with Gasteiger partial charge in [-0.15, -0.1) is 0 Å². The maximum atomic E-state index is 13.9. The van der Waals surface area contributed by atoms with Crippen molar-refractivity contribution in [2.24, 2.45) is 17.6 Å². The molecule has 0 fully saturated rings. The molecule has 0 spiro atoms. The van der Waals surface area contributed by atoms with Crippen molar-refractivity contribution in [1.29, 1.82) is 0 Å². The molecular weight excluding hydrogens is 614 g/mol. The van der Waals surface area contributed by atoms with Crippen LogP contribution >= 0.6 is 11.6 Å². The highest BCUT2D eigenvalue weighted by Crippen LogP contribution is 2.52. The van der Waals surface area contributed by atoms with Crippen molar-refractivity contribution < 1.29 is 43.2 Å². The minimum absolute atomic E-state index is 0.0109. The van der Waals surface area contributed by atoms with Gasteiger partial charge in [0.15, 0.2) is 11.4 Å². The van der Waals surface area contributed by atoms with Crippen LogP contribution in [0.3, 0.4) is 0 Å². The number of rotatable bonds is 5. The van der Waals surface area contributed by atoms with Gasteiger partial charge in [-0.05, 0) is 53.5 Å². The number of nitrogens with one attached hydrogen (secondary N) is 1. The first kappa shape index (κ1) is 30.3. The van der Waals surface area contributed by atoms with Gasteiger partial charge in [0.25, 0.3) is 5.91 Å². The molecule has 0 radical (unpaired) electrons. The van der Waals surface area contributed by atoms with Crippen LogP contribution in [0.15, 0.2) is 53.0 Å². The molecule has 0 aromatic heterocycles. The van der Waals surface area contributed by atoms with Crippen molar-refractivity contribution in [2.45, 2.75) is 44.0 Å². The monoisotopic (exact) mass is 643 g/mol. The maximum Gasteiger partial charge on any atom is 0.255 e. The molecule has 12 nitrogen and oxygen atoms in total. The molecule has 44 heavy (non-hydrogen) atoms. The Hall–Kier alpha value is -3.75. The summed E-state index contributed by atoms with van der Waals surface area (Å²) in [5, 5.41) is 45.1. The Morgan fingerprint density at radius 3 is 2.52 bits per heavy atom. The highest BCUT2D eigenvalue weighted by atomic mass is 35.5. The zero-order chi connectivity index (χ0) is 31.9. The number of aliphatic hydroxyl groups excluding tert-OH is 2. The molecule has 2 aromatic carbocycles. The molecule has 3 aliphatic carbocycles. The molecule has 1 amide bonds. The van der Waals surface area contributed by atoms with Crippen LogP contribution in [-0.4, -0.2) is 75.7 Å². The van der Waals surface area contributed by atoms with Crippen molar-refractivity contribution >= 4 is 39.1 Å². The van der Waals surface area contributed by atoms with Gasteiger partial charge in [-0.1, -0.05) is 35.9 Å². The molecule has 4 aliphatic rings. The van der Waals surface area contributed by atoms with E-state index in [0.717, 1.165) is 19.2 Å². The molecule has 0 saturated heterocycles. The Bertz CT molecular complexity index is 1840. The van der Waals surface area contributed by atoms with Gasteiger partial charge in [-0.2, -0.15) is 0 Å². The van der Waals surface area contributed by atoms with Gasteiger partial charge in [0.1, 0.15) is 22.8 Å². The van der Waals surface area contributed by atoms with Crippen LogP contribution in [0, 0.1) is 11.8 Å². The minimum atomic E-state index is -4.10. The van der Waals surface area contributed by atoms with Gasteiger partial charge in [-0.25, -0.2) is 13.1 Å². The third-order valence-corrected chi connectivity index (χ3v) is 10.3. The van der Waals surface area contributed by atoms with Crippen molar-refractivity contribution in [3.8, 4) is 5.75 Å². The van der Waals surface area contributed by atoms with Gasteiger partial charge in [0.2, 0.25) is 15.8 Å². The van der Waals surface area contributed by atoms with E-state index < -0.39 is 73.8 Å². The number of carbonyl (C=O) groups is 3. The Kier molecular flexibility index (Phi) is 7.17. The first-order valence-electron chi connectivity index (χ1n) is 13.9. The smallest absolute Gasteiger partial charge is 0.255 e. The van der Waals surface area contributed by atoms with Crippen molar-refractivity contribution in [3.05, 3.63) is 85.8 Å². The first-order valence-corrected chi connectivity index (χ1v) is 16.2. The van der Waals surface area contributed by atoms with E-state index in [1.807, 2.05) is 12.1 Å². The quantitative estimate of drug-likeness (QED) is 0.258.